The smallest absolute Gasteiger partial charge is 0.306 e. The lowest BCUT2D eigenvalue weighted by Crippen LogP contribution is -2.33. The van der Waals surface area contributed by atoms with Gasteiger partial charge in [0.25, 0.3) is 0 Å². The van der Waals surface area contributed by atoms with E-state index in [0.29, 0.717) is 19.3 Å². The van der Waals surface area contributed by atoms with Crippen molar-refractivity contribution in [3.05, 3.63) is 34.3 Å². The van der Waals surface area contributed by atoms with Crippen molar-refractivity contribution in [2.24, 2.45) is 11.8 Å². The Morgan fingerprint density at radius 2 is 1.90 bits per heavy atom. The fourth-order valence-electron chi connectivity index (χ4n) is 2.85. The first kappa shape index (κ1) is 16.0. The summed E-state index contributed by atoms with van der Waals surface area (Å²) >= 11 is 3.40. The van der Waals surface area contributed by atoms with E-state index in [4.69, 9.17) is 5.11 Å². The van der Waals surface area contributed by atoms with Gasteiger partial charge in [0.2, 0.25) is 5.91 Å². The topological polar surface area (TPSA) is 66.4 Å². The quantitative estimate of drug-likeness (QED) is 0.850. The van der Waals surface area contributed by atoms with Crippen molar-refractivity contribution < 1.29 is 14.7 Å². The minimum Gasteiger partial charge on any atom is -0.481 e. The van der Waals surface area contributed by atoms with E-state index in [1.165, 1.54) is 0 Å². The monoisotopic (exact) mass is 353 g/mol. The fraction of sp³-hybridized carbons (Fsp3) is 0.500. The number of nitrogens with one attached hydrogen (secondary N) is 1. The molecule has 1 unspecified atom stereocenters. The number of carboxylic acids is 1. The van der Waals surface area contributed by atoms with Crippen LogP contribution in [0, 0.1) is 11.8 Å². The first-order valence-corrected chi connectivity index (χ1v) is 8.09. The lowest BCUT2D eigenvalue weighted by Gasteiger charge is -2.20. The summed E-state index contributed by atoms with van der Waals surface area (Å²) in [7, 11) is 0. The average molecular weight is 354 g/mol. The Morgan fingerprint density at radius 3 is 2.43 bits per heavy atom. The van der Waals surface area contributed by atoms with E-state index in [1.54, 1.807) is 0 Å². The lowest BCUT2D eigenvalue weighted by molar-refractivity contribution is -0.141. The summed E-state index contributed by atoms with van der Waals surface area (Å²) in [6.07, 6.45) is 2.53. The molecule has 1 aliphatic carbocycles. The zero-order valence-electron chi connectivity index (χ0n) is 12.0. The number of hydrogen-bond donors (Lipinski definition) is 2. The molecule has 0 spiro atoms. The summed E-state index contributed by atoms with van der Waals surface area (Å²) in [5.41, 5.74) is 1.07. The van der Waals surface area contributed by atoms with Crippen LogP contribution in [0.2, 0.25) is 0 Å². The van der Waals surface area contributed by atoms with Gasteiger partial charge in [-0.3, -0.25) is 9.59 Å². The van der Waals surface area contributed by atoms with E-state index in [9.17, 15) is 9.59 Å². The molecule has 0 aliphatic heterocycles. The van der Waals surface area contributed by atoms with E-state index in [0.717, 1.165) is 16.5 Å². The number of amides is 1. The standard InChI is InChI=1S/C16H20BrNO3/c1-2-14(10-5-7-13(17)8-6-10)18-15(19)11-3-4-12(9-11)16(20)21/h5-8,11-12,14H,2-4,9H2,1H3,(H,18,19)(H,20,21)/t11-,12+,14?/m1/s1. The number of rotatable bonds is 5. The minimum atomic E-state index is -0.787. The Balaban J connectivity index is 1.97. The van der Waals surface area contributed by atoms with Crippen molar-refractivity contribution in [2.45, 2.75) is 38.6 Å². The molecule has 0 heterocycles. The van der Waals surface area contributed by atoms with E-state index < -0.39 is 5.97 Å². The summed E-state index contributed by atoms with van der Waals surface area (Å²) in [5.74, 6) is -1.34. The molecule has 4 nitrogen and oxygen atoms in total. The van der Waals surface area contributed by atoms with E-state index in [1.807, 2.05) is 31.2 Å². The first-order valence-electron chi connectivity index (χ1n) is 7.30. The third kappa shape index (κ3) is 4.06. The summed E-state index contributed by atoms with van der Waals surface area (Å²) in [5, 5.41) is 12.1. The molecule has 0 saturated heterocycles. The molecule has 1 amide bonds. The maximum absolute atomic E-state index is 12.3. The average Bonchev–Trinajstić information content (AvgIpc) is 2.96. The number of benzene rings is 1. The van der Waals surface area contributed by atoms with Crippen LogP contribution in [0.25, 0.3) is 0 Å². The van der Waals surface area contributed by atoms with E-state index in [-0.39, 0.29) is 23.8 Å². The number of aliphatic carboxylic acids is 1. The van der Waals surface area contributed by atoms with Gasteiger partial charge in [-0.05, 0) is 43.4 Å². The largest absolute Gasteiger partial charge is 0.481 e. The summed E-state index contributed by atoms with van der Waals surface area (Å²) in [4.78, 5) is 23.3. The highest BCUT2D eigenvalue weighted by Gasteiger charge is 2.34. The van der Waals surface area contributed by atoms with Crippen molar-refractivity contribution >= 4 is 27.8 Å². The van der Waals surface area contributed by atoms with Crippen LogP contribution < -0.4 is 5.32 Å². The van der Waals surface area contributed by atoms with E-state index in [2.05, 4.69) is 21.2 Å². The zero-order valence-corrected chi connectivity index (χ0v) is 13.6. The van der Waals surface area contributed by atoms with Crippen molar-refractivity contribution in [3.8, 4) is 0 Å². The van der Waals surface area contributed by atoms with Gasteiger partial charge in [0.05, 0.1) is 12.0 Å². The van der Waals surface area contributed by atoms with Gasteiger partial charge in [-0.1, -0.05) is 35.0 Å². The number of carbonyl (C=O) groups excluding carboxylic acids is 1. The van der Waals surface area contributed by atoms with Gasteiger partial charge < -0.3 is 10.4 Å². The molecule has 1 fully saturated rings. The summed E-state index contributed by atoms with van der Waals surface area (Å²) in [6, 6.07) is 7.88. The maximum Gasteiger partial charge on any atom is 0.306 e. The minimum absolute atomic E-state index is 0.0190. The van der Waals surface area contributed by atoms with Crippen LogP contribution in [0.5, 0.6) is 0 Å². The van der Waals surface area contributed by atoms with Crippen molar-refractivity contribution in [1.82, 2.24) is 5.32 Å². The highest BCUT2D eigenvalue weighted by atomic mass is 79.9. The fourth-order valence-corrected chi connectivity index (χ4v) is 3.11. The van der Waals surface area contributed by atoms with Gasteiger partial charge in [-0.2, -0.15) is 0 Å². The molecule has 2 rings (SSSR count). The normalized spacial score (nSPS) is 22.8. The molecule has 3 atom stereocenters. The second-order valence-corrected chi connectivity index (χ2v) is 6.48. The van der Waals surface area contributed by atoms with Gasteiger partial charge in [0.1, 0.15) is 0 Å². The molecule has 0 aromatic heterocycles. The van der Waals surface area contributed by atoms with Gasteiger partial charge in [-0.15, -0.1) is 0 Å². The van der Waals surface area contributed by atoms with Gasteiger partial charge in [-0.25, -0.2) is 0 Å². The second kappa shape index (κ2) is 7.07. The van der Waals surface area contributed by atoms with Crippen LogP contribution in [0.15, 0.2) is 28.7 Å². The molecule has 2 N–H and O–H groups in total. The molecule has 21 heavy (non-hydrogen) atoms. The Morgan fingerprint density at radius 1 is 1.29 bits per heavy atom. The van der Waals surface area contributed by atoms with Crippen molar-refractivity contribution in [2.75, 3.05) is 0 Å². The van der Waals surface area contributed by atoms with Crippen LogP contribution in [0.4, 0.5) is 0 Å². The van der Waals surface area contributed by atoms with Crippen LogP contribution >= 0.6 is 15.9 Å². The molecule has 5 heteroatoms. The number of hydrogen-bond acceptors (Lipinski definition) is 2. The highest BCUT2D eigenvalue weighted by Crippen LogP contribution is 2.32. The Labute approximate surface area is 133 Å². The van der Waals surface area contributed by atoms with Gasteiger partial charge in [0, 0.05) is 10.4 Å². The third-order valence-electron chi connectivity index (χ3n) is 4.15. The maximum atomic E-state index is 12.3. The SMILES string of the molecule is CCC(NC(=O)[C@@H]1CC[C@H](C(=O)O)C1)c1ccc(Br)cc1. The molecule has 114 valence electrons. The molecule has 1 aliphatic rings. The van der Waals surface area contributed by atoms with Crippen molar-refractivity contribution in [3.63, 3.8) is 0 Å². The zero-order chi connectivity index (χ0) is 15.4. The lowest BCUT2D eigenvalue weighted by atomic mass is 10.0. The summed E-state index contributed by atoms with van der Waals surface area (Å²) in [6.45, 7) is 2.03. The Bertz CT molecular complexity index is 515. The third-order valence-corrected chi connectivity index (χ3v) is 4.68. The van der Waals surface area contributed by atoms with Crippen LogP contribution in [0.3, 0.4) is 0 Å². The molecule has 1 aromatic rings. The molecular weight excluding hydrogens is 334 g/mol. The van der Waals surface area contributed by atoms with Crippen molar-refractivity contribution in [1.29, 1.82) is 0 Å². The molecular formula is C16H20BrNO3. The van der Waals surface area contributed by atoms with Crippen LogP contribution in [0.1, 0.15) is 44.2 Å². The van der Waals surface area contributed by atoms with Gasteiger partial charge in [0.15, 0.2) is 0 Å². The summed E-state index contributed by atoms with van der Waals surface area (Å²) < 4.78 is 1.01. The highest BCUT2D eigenvalue weighted by molar-refractivity contribution is 9.10. The molecule has 0 radical (unpaired) electrons. The van der Waals surface area contributed by atoms with E-state index >= 15 is 0 Å². The first-order chi connectivity index (χ1) is 10.0. The molecule has 0 bridgehead atoms. The Kier molecular flexibility index (Phi) is 5.39. The van der Waals surface area contributed by atoms with Crippen LogP contribution in [-0.2, 0) is 9.59 Å². The van der Waals surface area contributed by atoms with Crippen LogP contribution in [-0.4, -0.2) is 17.0 Å². The number of halogens is 1. The number of carbonyl (C=O) groups is 2. The predicted molar refractivity (Wildman–Crippen MR) is 83.8 cm³/mol. The second-order valence-electron chi connectivity index (χ2n) is 5.57. The number of carboxylic acid groups (broad SMARTS) is 1. The Hall–Kier alpha value is -1.36. The molecule has 1 saturated carbocycles. The molecule has 1 aromatic carbocycles. The van der Waals surface area contributed by atoms with Gasteiger partial charge >= 0.3 is 5.97 Å². The predicted octanol–water partition coefficient (Wildman–Crippen LogP) is 3.52.